The van der Waals surface area contributed by atoms with Crippen LogP contribution in [0.15, 0.2) is 83.9 Å². The minimum atomic E-state index is -0.203. The molecule has 3 aromatic rings. The maximum absolute atomic E-state index is 11.8. The molecule has 1 heterocycles. The molecule has 5 nitrogen and oxygen atoms in total. The maximum atomic E-state index is 11.8. The summed E-state index contributed by atoms with van der Waals surface area (Å²) in [4.78, 5) is 19.2. The van der Waals surface area contributed by atoms with E-state index in [1.807, 2.05) is 13.0 Å². The first-order chi connectivity index (χ1) is 16.6. The zero-order valence-electron chi connectivity index (χ0n) is 20.3. The van der Waals surface area contributed by atoms with Crippen LogP contribution in [-0.4, -0.2) is 30.4 Å². The summed E-state index contributed by atoms with van der Waals surface area (Å²) in [5.74, 6) is 1.11. The van der Waals surface area contributed by atoms with E-state index in [2.05, 4.69) is 95.3 Å². The van der Waals surface area contributed by atoms with Crippen molar-refractivity contribution in [2.24, 2.45) is 4.99 Å². The van der Waals surface area contributed by atoms with Crippen molar-refractivity contribution in [1.82, 2.24) is 5.32 Å². The normalized spacial score (nSPS) is 14.7. The Bertz CT molecular complexity index is 1140. The molecular formula is C29H34N4O. The molecule has 0 radical (unpaired) electrons. The van der Waals surface area contributed by atoms with E-state index in [1.54, 1.807) is 6.92 Å². The van der Waals surface area contributed by atoms with E-state index in [0.717, 1.165) is 36.5 Å². The number of anilines is 2. The highest BCUT2D eigenvalue weighted by Crippen LogP contribution is 2.30. The maximum Gasteiger partial charge on any atom is 0.146 e. The van der Waals surface area contributed by atoms with Crippen LogP contribution in [0.1, 0.15) is 43.9 Å². The van der Waals surface area contributed by atoms with Crippen molar-refractivity contribution in [3.63, 3.8) is 0 Å². The van der Waals surface area contributed by atoms with Gasteiger partial charge in [-0.05, 0) is 56.0 Å². The van der Waals surface area contributed by atoms with Crippen molar-refractivity contribution in [1.29, 1.82) is 0 Å². The second-order valence-electron chi connectivity index (χ2n) is 8.81. The monoisotopic (exact) mass is 454 g/mol. The number of rotatable bonds is 10. The molecule has 0 saturated heterocycles. The zero-order chi connectivity index (χ0) is 23.9. The molecule has 34 heavy (non-hydrogen) atoms. The molecule has 2 unspecified atom stereocenters. The second kappa shape index (κ2) is 11.1. The van der Waals surface area contributed by atoms with Gasteiger partial charge in [0.05, 0.1) is 18.8 Å². The lowest BCUT2D eigenvalue weighted by Gasteiger charge is -2.33. The summed E-state index contributed by atoms with van der Waals surface area (Å²) >= 11 is 0. The molecule has 2 N–H and O–H groups in total. The molecule has 0 saturated carbocycles. The summed E-state index contributed by atoms with van der Waals surface area (Å²) in [6, 6.07) is 27.2. The zero-order valence-corrected chi connectivity index (χ0v) is 20.3. The van der Waals surface area contributed by atoms with Crippen LogP contribution < -0.4 is 15.5 Å². The fourth-order valence-electron chi connectivity index (χ4n) is 4.28. The molecule has 1 aliphatic rings. The van der Waals surface area contributed by atoms with Gasteiger partial charge < -0.3 is 10.2 Å². The van der Waals surface area contributed by atoms with Crippen LogP contribution in [0.5, 0.6) is 0 Å². The molecule has 0 bridgehead atoms. The fourth-order valence-corrected chi connectivity index (χ4v) is 4.28. The molecule has 0 aromatic heterocycles. The standard InChI is InChI=1S/C29H34N4O/c1-4-28(31-21(2)22(3)34)32-26-16-10-9-15-25(26)29-30-20-24-14-8-11-17-27(24)33(29)19-18-23-12-6-5-7-13-23/h5-17,21,28,31-32H,4,18-20H2,1-3H3. The largest absolute Gasteiger partial charge is 0.369 e. The van der Waals surface area contributed by atoms with E-state index in [-0.39, 0.29) is 18.0 Å². The van der Waals surface area contributed by atoms with E-state index < -0.39 is 0 Å². The third-order valence-electron chi connectivity index (χ3n) is 6.37. The van der Waals surface area contributed by atoms with E-state index in [0.29, 0.717) is 6.54 Å². The van der Waals surface area contributed by atoms with Gasteiger partial charge in [-0.25, -0.2) is 0 Å². The van der Waals surface area contributed by atoms with Gasteiger partial charge in [-0.2, -0.15) is 0 Å². The van der Waals surface area contributed by atoms with Gasteiger partial charge in [0.25, 0.3) is 0 Å². The Morgan fingerprint density at radius 3 is 2.47 bits per heavy atom. The second-order valence-corrected chi connectivity index (χ2v) is 8.81. The smallest absolute Gasteiger partial charge is 0.146 e. The van der Waals surface area contributed by atoms with E-state index >= 15 is 0 Å². The highest BCUT2D eigenvalue weighted by molar-refractivity contribution is 6.14. The first-order valence-electron chi connectivity index (χ1n) is 12.1. The summed E-state index contributed by atoms with van der Waals surface area (Å²) in [7, 11) is 0. The first-order valence-corrected chi connectivity index (χ1v) is 12.1. The number of benzene rings is 3. The van der Waals surface area contributed by atoms with Crippen LogP contribution in [0, 0.1) is 0 Å². The summed E-state index contributed by atoms with van der Waals surface area (Å²) in [6.45, 7) is 7.15. The van der Waals surface area contributed by atoms with Crippen molar-refractivity contribution in [3.8, 4) is 0 Å². The summed E-state index contributed by atoms with van der Waals surface area (Å²) in [6.07, 6.45) is 1.76. The van der Waals surface area contributed by atoms with Crippen molar-refractivity contribution in [3.05, 3.63) is 95.6 Å². The Kier molecular flexibility index (Phi) is 7.76. The van der Waals surface area contributed by atoms with Crippen molar-refractivity contribution >= 4 is 23.0 Å². The Labute approximate surface area is 202 Å². The number of amidine groups is 1. The molecule has 3 aromatic carbocycles. The Morgan fingerprint density at radius 2 is 1.71 bits per heavy atom. The average Bonchev–Trinajstić information content (AvgIpc) is 2.87. The lowest BCUT2D eigenvalue weighted by atomic mass is 10.0. The molecule has 1 aliphatic heterocycles. The third kappa shape index (κ3) is 5.54. The number of nitrogens with zero attached hydrogens (tertiary/aromatic N) is 2. The van der Waals surface area contributed by atoms with Crippen LogP contribution in [-0.2, 0) is 17.8 Å². The van der Waals surface area contributed by atoms with Crippen LogP contribution in [0.2, 0.25) is 0 Å². The SMILES string of the molecule is CCC(Nc1ccccc1C1=NCc2ccccc2N1CCc1ccccc1)NC(C)C(C)=O. The minimum Gasteiger partial charge on any atom is -0.369 e. The number of carbonyl (C=O) groups is 1. The van der Waals surface area contributed by atoms with Gasteiger partial charge in [-0.1, -0.05) is 67.6 Å². The van der Waals surface area contributed by atoms with Crippen LogP contribution in [0.3, 0.4) is 0 Å². The average molecular weight is 455 g/mol. The van der Waals surface area contributed by atoms with Gasteiger partial charge in [0.1, 0.15) is 11.6 Å². The van der Waals surface area contributed by atoms with Crippen molar-refractivity contribution in [2.45, 2.75) is 52.4 Å². The van der Waals surface area contributed by atoms with E-state index in [1.165, 1.54) is 16.8 Å². The summed E-state index contributed by atoms with van der Waals surface area (Å²) < 4.78 is 0. The number of nitrogens with one attached hydrogen (secondary N) is 2. The number of para-hydroxylation sites is 2. The number of Topliss-reactive ketones (excluding diaryl/α,β-unsaturated/α-hetero) is 1. The molecule has 5 heteroatoms. The van der Waals surface area contributed by atoms with Crippen molar-refractivity contribution in [2.75, 3.05) is 16.8 Å². The van der Waals surface area contributed by atoms with Crippen LogP contribution in [0.4, 0.5) is 11.4 Å². The van der Waals surface area contributed by atoms with Gasteiger partial charge in [0, 0.05) is 23.5 Å². The highest BCUT2D eigenvalue weighted by atomic mass is 16.1. The van der Waals surface area contributed by atoms with Gasteiger partial charge in [0.15, 0.2) is 0 Å². The minimum absolute atomic E-state index is 0.0192. The molecule has 0 aliphatic carbocycles. The van der Waals surface area contributed by atoms with Gasteiger partial charge in [0.2, 0.25) is 0 Å². The summed E-state index contributed by atoms with van der Waals surface area (Å²) in [5.41, 5.74) is 5.85. The number of aliphatic imine (C=N–C) groups is 1. The number of hydrogen-bond acceptors (Lipinski definition) is 5. The van der Waals surface area contributed by atoms with Gasteiger partial charge in [-0.3, -0.25) is 15.1 Å². The number of ketones is 1. The molecule has 0 spiro atoms. The predicted octanol–water partition coefficient (Wildman–Crippen LogP) is 5.41. The topological polar surface area (TPSA) is 56.7 Å². The molecule has 176 valence electrons. The predicted molar refractivity (Wildman–Crippen MR) is 142 cm³/mol. The van der Waals surface area contributed by atoms with Crippen LogP contribution >= 0.6 is 0 Å². The lowest BCUT2D eigenvalue weighted by molar-refractivity contribution is -0.118. The lowest BCUT2D eigenvalue weighted by Crippen LogP contribution is -2.45. The molecule has 0 amide bonds. The van der Waals surface area contributed by atoms with Gasteiger partial charge in [-0.15, -0.1) is 0 Å². The molecule has 4 rings (SSSR count). The third-order valence-corrected chi connectivity index (χ3v) is 6.37. The van der Waals surface area contributed by atoms with Gasteiger partial charge >= 0.3 is 0 Å². The number of carbonyl (C=O) groups excluding carboxylic acids is 1. The van der Waals surface area contributed by atoms with Crippen LogP contribution in [0.25, 0.3) is 0 Å². The first kappa shape index (κ1) is 23.7. The van der Waals surface area contributed by atoms with E-state index in [4.69, 9.17) is 4.99 Å². The molecule has 2 atom stereocenters. The molecule has 0 fully saturated rings. The number of fused-ring (bicyclic) bond motifs is 1. The highest BCUT2D eigenvalue weighted by Gasteiger charge is 2.25. The molecular weight excluding hydrogens is 420 g/mol. The Morgan fingerprint density at radius 1 is 1.00 bits per heavy atom. The van der Waals surface area contributed by atoms with E-state index in [9.17, 15) is 4.79 Å². The Balaban J connectivity index is 1.64. The Hall–Kier alpha value is -3.44. The van der Waals surface area contributed by atoms with Crippen molar-refractivity contribution < 1.29 is 4.79 Å². The number of hydrogen-bond donors (Lipinski definition) is 2. The summed E-state index contributed by atoms with van der Waals surface area (Å²) in [5, 5.41) is 7.03. The quantitative estimate of drug-likeness (QED) is 0.402. The fraction of sp³-hybridized carbons (Fsp3) is 0.310.